The lowest BCUT2D eigenvalue weighted by molar-refractivity contribution is -0.115. The summed E-state index contributed by atoms with van der Waals surface area (Å²) >= 11 is 0. The van der Waals surface area contributed by atoms with Crippen LogP contribution in [0.4, 0.5) is 10.1 Å². The van der Waals surface area contributed by atoms with Crippen LogP contribution >= 0.6 is 0 Å². The second-order valence-electron chi connectivity index (χ2n) is 6.11. The summed E-state index contributed by atoms with van der Waals surface area (Å²) in [6, 6.07) is 5.73. The van der Waals surface area contributed by atoms with Gasteiger partial charge in [0.1, 0.15) is 5.82 Å². The minimum Gasteiger partial charge on any atom is -0.392 e. The van der Waals surface area contributed by atoms with Crippen LogP contribution in [0.2, 0.25) is 0 Å². The number of carbonyl (C=O) groups excluding carboxylic acids is 1. The number of amides is 1. The van der Waals surface area contributed by atoms with E-state index in [1.807, 2.05) is 20.8 Å². The summed E-state index contributed by atoms with van der Waals surface area (Å²) < 4.78 is 12.9. The van der Waals surface area contributed by atoms with Crippen molar-refractivity contribution in [3.05, 3.63) is 30.1 Å². The van der Waals surface area contributed by atoms with Crippen LogP contribution in [0.5, 0.6) is 0 Å². The van der Waals surface area contributed by atoms with E-state index in [1.54, 1.807) is 6.07 Å². The molecule has 0 saturated carbocycles. The van der Waals surface area contributed by atoms with Crippen molar-refractivity contribution in [1.29, 1.82) is 0 Å². The Kier molecular flexibility index (Phi) is 6.10. The molecule has 5 heteroatoms. The highest BCUT2D eigenvalue weighted by Gasteiger charge is 2.16. The SMILES string of the molecule is CC(C)(C)CC(O)CNCC(=O)Nc1cccc(F)c1. The third-order valence-corrected chi connectivity index (χ3v) is 2.62. The van der Waals surface area contributed by atoms with Gasteiger partial charge < -0.3 is 15.7 Å². The van der Waals surface area contributed by atoms with Gasteiger partial charge in [0.2, 0.25) is 5.91 Å². The summed E-state index contributed by atoms with van der Waals surface area (Å²) in [5.41, 5.74) is 0.470. The van der Waals surface area contributed by atoms with Crippen molar-refractivity contribution in [2.75, 3.05) is 18.4 Å². The number of nitrogens with one attached hydrogen (secondary N) is 2. The van der Waals surface area contributed by atoms with E-state index in [0.717, 1.165) is 0 Å². The van der Waals surface area contributed by atoms with Crippen LogP contribution in [-0.2, 0) is 4.79 Å². The highest BCUT2D eigenvalue weighted by atomic mass is 19.1. The van der Waals surface area contributed by atoms with E-state index in [9.17, 15) is 14.3 Å². The van der Waals surface area contributed by atoms with Gasteiger partial charge in [0, 0.05) is 12.2 Å². The number of aliphatic hydroxyl groups excluding tert-OH is 1. The van der Waals surface area contributed by atoms with Crippen molar-refractivity contribution in [3.63, 3.8) is 0 Å². The van der Waals surface area contributed by atoms with Gasteiger partial charge in [0.15, 0.2) is 0 Å². The van der Waals surface area contributed by atoms with E-state index in [0.29, 0.717) is 18.7 Å². The predicted octanol–water partition coefficient (Wildman–Crippen LogP) is 2.15. The van der Waals surface area contributed by atoms with Crippen LogP contribution in [0.1, 0.15) is 27.2 Å². The van der Waals surface area contributed by atoms with Crippen LogP contribution in [0.25, 0.3) is 0 Å². The zero-order valence-corrected chi connectivity index (χ0v) is 12.2. The molecule has 0 aliphatic rings. The van der Waals surface area contributed by atoms with Crippen molar-refractivity contribution >= 4 is 11.6 Å². The number of aliphatic hydroxyl groups is 1. The van der Waals surface area contributed by atoms with Crippen molar-refractivity contribution < 1.29 is 14.3 Å². The Morgan fingerprint density at radius 2 is 2.10 bits per heavy atom. The molecule has 1 atom stereocenters. The molecular weight excluding hydrogens is 259 g/mol. The topological polar surface area (TPSA) is 61.4 Å². The maximum absolute atomic E-state index is 12.9. The number of anilines is 1. The van der Waals surface area contributed by atoms with Crippen molar-refractivity contribution in [1.82, 2.24) is 5.32 Å². The first-order valence-electron chi connectivity index (χ1n) is 6.70. The number of halogens is 1. The van der Waals surface area contributed by atoms with E-state index in [1.165, 1.54) is 18.2 Å². The maximum Gasteiger partial charge on any atom is 0.238 e. The molecule has 0 saturated heterocycles. The first-order chi connectivity index (χ1) is 9.26. The Labute approximate surface area is 119 Å². The highest BCUT2D eigenvalue weighted by Crippen LogP contribution is 2.20. The number of carbonyl (C=O) groups is 1. The van der Waals surface area contributed by atoms with Gasteiger partial charge in [-0.05, 0) is 30.0 Å². The van der Waals surface area contributed by atoms with Gasteiger partial charge in [0.25, 0.3) is 0 Å². The van der Waals surface area contributed by atoms with Crippen molar-refractivity contribution in [2.24, 2.45) is 5.41 Å². The van der Waals surface area contributed by atoms with Crippen LogP contribution in [0, 0.1) is 11.2 Å². The van der Waals surface area contributed by atoms with Gasteiger partial charge in [0.05, 0.1) is 12.6 Å². The molecule has 0 aliphatic heterocycles. The van der Waals surface area contributed by atoms with E-state index < -0.39 is 11.9 Å². The fourth-order valence-corrected chi connectivity index (χ4v) is 1.90. The Balaban J connectivity index is 2.27. The molecule has 1 aromatic rings. The summed E-state index contributed by atoms with van der Waals surface area (Å²) in [7, 11) is 0. The lowest BCUT2D eigenvalue weighted by Crippen LogP contribution is -2.35. The summed E-state index contributed by atoms with van der Waals surface area (Å²) in [6.45, 7) is 6.58. The van der Waals surface area contributed by atoms with Crippen LogP contribution in [0.15, 0.2) is 24.3 Å². The largest absolute Gasteiger partial charge is 0.392 e. The minimum absolute atomic E-state index is 0.0465. The minimum atomic E-state index is -0.489. The third-order valence-electron chi connectivity index (χ3n) is 2.62. The third kappa shape index (κ3) is 7.21. The summed E-state index contributed by atoms with van der Waals surface area (Å²) in [6.07, 6.45) is 0.169. The summed E-state index contributed by atoms with van der Waals surface area (Å²) in [4.78, 5) is 11.6. The maximum atomic E-state index is 12.9. The first-order valence-corrected chi connectivity index (χ1v) is 6.70. The van der Waals surface area contributed by atoms with Gasteiger partial charge in [-0.1, -0.05) is 26.8 Å². The molecule has 0 spiro atoms. The molecule has 0 bridgehead atoms. The molecule has 1 rings (SSSR count). The fraction of sp³-hybridized carbons (Fsp3) is 0.533. The molecule has 0 aromatic heterocycles. The number of hydrogen-bond donors (Lipinski definition) is 3. The molecule has 0 aliphatic carbocycles. The Morgan fingerprint density at radius 1 is 1.40 bits per heavy atom. The second-order valence-corrected chi connectivity index (χ2v) is 6.11. The average Bonchev–Trinajstić information content (AvgIpc) is 2.26. The zero-order chi connectivity index (χ0) is 15.2. The Hall–Kier alpha value is -1.46. The van der Waals surface area contributed by atoms with Gasteiger partial charge in [-0.3, -0.25) is 4.79 Å². The standard InChI is InChI=1S/C15H23FN2O2/c1-15(2,3)8-13(19)9-17-10-14(20)18-12-6-4-5-11(16)7-12/h4-7,13,17,19H,8-10H2,1-3H3,(H,18,20). The van der Waals surface area contributed by atoms with E-state index in [2.05, 4.69) is 10.6 Å². The van der Waals surface area contributed by atoms with Gasteiger partial charge in [-0.25, -0.2) is 4.39 Å². The average molecular weight is 282 g/mol. The van der Waals surface area contributed by atoms with Crippen LogP contribution < -0.4 is 10.6 Å². The van der Waals surface area contributed by atoms with Gasteiger partial charge in [-0.2, -0.15) is 0 Å². The smallest absolute Gasteiger partial charge is 0.238 e. The zero-order valence-electron chi connectivity index (χ0n) is 12.2. The summed E-state index contributed by atoms with van der Waals surface area (Å²) in [5, 5.41) is 15.2. The number of benzene rings is 1. The fourth-order valence-electron chi connectivity index (χ4n) is 1.90. The molecule has 20 heavy (non-hydrogen) atoms. The number of hydrogen-bond acceptors (Lipinski definition) is 3. The molecular formula is C15H23FN2O2. The highest BCUT2D eigenvalue weighted by molar-refractivity contribution is 5.92. The quantitative estimate of drug-likeness (QED) is 0.749. The molecule has 1 unspecified atom stereocenters. The lowest BCUT2D eigenvalue weighted by atomic mass is 9.89. The molecule has 0 heterocycles. The molecule has 4 nitrogen and oxygen atoms in total. The molecule has 1 aromatic carbocycles. The monoisotopic (exact) mass is 282 g/mol. The van der Waals surface area contributed by atoms with E-state index in [4.69, 9.17) is 0 Å². The predicted molar refractivity (Wildman–Crippen MR) is 78.0 cm³/mol. The molecule has 0 fully saturated rings. The lowest BCUT2D eigenvalue weighted by Gasteiger charge is -2.22. The molecule has 112 valence electrons. The van der Waals surface area contributed by atoms with E-state index in [-0.39, 0.29) is 17.9 Å². The molecule has 1 amide bonds. The van der Waals surface area contributed by atoms with Gasteiger partial charge in [-0.15, -0.1) is 0 Å². The Bertz CT molecular complexity index is 444. The van der Waals surface area contributed by atoms with Gasteiger partial charge >= 0.3 is 0 Å². The summed E-state index contributed by atoms with van der Waals surface area (Å²) in [5.74, 6) is -0.657. The van der Waals surface area contributed by atoms with E-state index >= 15 is 0 Å². The van der Waals surface area contributed by atoms with Crippen LogP contribution in [0.3, 0.4) is 0 Å². The van der Waals surface area contributed by atoms with Crippen LogP contribution in [-0.4, -0.2) is 30.2 Å². The number of rotatable bonds is 6. The van der Waals surface area contributed by atoms with Crippen molar-refractivity contribution in [2.45, 2.75) is 33.3 Å². The van der Waals surface area contributed by atoms with Crippen molar-refractivity contribution in [3.8, 4) is 0 Å². The Morgan fingerprint density at radius 3 is 2.70 bits per heavy atom. The second kappa shape index (κ2) is 7.36. The molecule has 0 radical (unpaired) electrons. The normalized spacial score (nSPS) is 13.1. The molecule has 3 N–H and O–H groups in total. The first kappa shape index (κ1) is 16.6.